The van der Waals surface area contributed by atoms with Crippen LogP contribution in [0.4, 0.5) is 0 Å². The first-order valence-corrected chi connectivity index (χ1v) is 10.8. The molecule has 0 bridgehead atoms. The van der Waals surface area contributed by atoms with Crippen molar-refractivity contribution in [1.82, 2.24) is 19.8 Å². The number of aryl methyl sites for hydroxylation is 1. The summed E-state index contributed by atoms with van der Waals surface area (Å²) < 4.78 is 17.3. The van der Waals surface area contributed by atoms with Crippen molar-refractivity contribution >= 4 is 5.91 Å². The summed E-state index contributed by atoms with van der Waals surface area (Å²) in [4.78, 5) is 26.3. The largest absolute Gasteiger partial charge is 0.467 e. The monoisotopic (exact) mass is 412 g/mol. The maximum Gasteiger partial charge on any atom is 0.257 e. The summed E-state index contributed by atoms with van der Waals surface area (Å²) in [6, 6.07) is 1.88. The maximum absolute atomic E-state index is 13.0. The van der Waals surface area contributed by atoms with Crippen LogP contribution in [-0.2, 0) is 28.0 Å². The maximum atomic E-state index is 13.0. The number of likely N-dealkylation sites (tertiary alicyclic amines) is 1. The zero-order valence-electron chi connectivity index (χ0n) is 17.4. The molecule has 30 heavy (non-hydrogen) atoms. The van der Waals surface area contributed by atoms with Gasteiger partial charge in [0.15, 0.2) is 0 Å². The highest BCUT2D eigenvalue weighted by molar-refractivity contribution is 5.94. The molecule has 160 valence electrons. The lowest BCUT2D eigenvalue weighted by molar-refractivity contribution is -0.0968. The Bertz CT molecular complexity index is 914. The van der Waals surface area contributed by atoms with Crippen molar-refractivity contribution < 1.29 is 18.7 Å². The quantitative estimate of drug-likeness (QED) is 0.762. The normalized spacial score (nSPS) is 21.6. The number of carbonyl (C=O) groups is 1. The van der Waals surface area contributed by atoms with Crippen molar-refractivity contribution in [3.8, 4) is 0 Å². The molecule has 0 saturated carbocycles. The van der Waals surface area contributed by atoms with E-state index in [-0.39, 0.29) is 5.91 Å². The first-order chi connectivity index (χ1) is 14.6. The summed E-state index contributed by atoms with van der Waals surface area (Å²) >= 11 is 0. The molecule has 8 nitrogen and oxygen atoms in total. The number of carbonyl (C=O) groups excluding carboxylic acids is 1. The van der Waals surface area contributed by atoms with Crippen LogP contribution in [0.15, 0.2) is 22.9 Å². The van der Waals surface area contributed by atoms with Gasteiger partial charge in [0.2, 0.25) is 0 Å². The van der Waals surface area contributed by atoms with Crippen LogP contribution in [0.1, 0.15) is 46.0 Å². The number of rotatable bonds is 3. The molecule has 2 saturated heterocycles. The van der Waals surface area contributed by atoms with Crippen molar-refractivity contribution in [3.05, 3.63) is 46.9 Å². The molecule has 1 spiro atoms. The third kappa shape index (κ3) is 3.75. The first-order valence-electron chi connectivity index (χ1n) is 10.8. The number of fused-ring (bicyclic) bond motifs is 2. The number of hydrogen-bond acceptors (Lipinski definition) is 7. The number of piperidine rings is 1. The molecule has 0 aromatic carbocycles. The van der Waals surface area contributed by atoms with E-state index in [4.69, 9.17) is 18.9 Å². The highest BCUT2D eigenvalue weighted by atomic mass is 16.5. The van der Waals surface area contributed by atoms with Gasteiger partial charge in [-0.15, -0.1) is 0 Å². The second kappa shape index (κ2) is 8.09. The van der Waals surface area contributed by atoms with Crippen molar-refractivity contribution in [2.45, 2.75) is 38.3 Å². The number of ether oxygens (including phenoxy) is 2. The minimum atomic E-state index is -0.393. The third-order valence-electron chi connectivity index (χ3n) is 6.41. The van der Waals surface area contributed by atoms with Gasteiger partial charge in [0.25, 0.3) is 5.91 Å². The van der Waals surface area contributed by atoms with E-state index in [0.717, 1.165) is 62.8 Å². The summed E-state index contributed by atoms with van der Waals surface area (Å²) in [5.41, 5.74) is 2.42. The van der Waals surface area contributed by atoms with E-state index in [1.165, 1.54) is 5.56 Å². The molecule has 5 heterocycles. The Labute approximate surface area is 176 Å². The Morgan fingerprint density at radius 3 is 2.77 bits per heavy atom. The highest BCUT2D eigenvalue weighted by Crippen LogP contribution is 2.40. The lowest BCUT2D eigenvalue weighted by Gasteiger charge is -2.44. The van der Waals surface area contributed by atoms with E-state index in [1.54, 1.807) is 6.26 Å². The number of morpholine rings is 1. The second-order valence-electron chi connectivity index (χ2n) is 8.37. The van der Waals surface area contributed by atoms with Crippen LogP contribution in [0.2, 0.25) is 0 Å². The molecule has 2 aromatic heterocycles. The van der Waals surface area contributed by atoms with Crippen molar-refractivity contribution in [2.24, 2.45) is 0 Å². The Kier molecular flexibility index (Phi) is 5.30. The van der Waals surface area contributed by atoms with Gasteiger partial charge >= 0.3 is 0 Å². The number of nitrogens with zero attached hydrogens (tertiary/aromatic N) is 4. The molecule has 0 N–H and O–H groups in total. The zero-order valence-corrected chi connectivity index (χ0v) is 17.4. The summed E-state index contributed by atoms with van der Waals surface area (Å²) in [5, 5.41) is 0. The number of furan rings is 1. The lowest BCUT2D eigenvalue weighted by atomic mass is 9.83. The average Bonchev–Trinajstić information content (AvgIpc) is 3.24. The van der Waals surface area contributed by atoms with E-state index < -0.39 is 5.60 Å². The van der Waals surface area contributed by atoms with Crippen LogP contribution in [0.5, 0.6) is 0 Å². The topological polar surface area (TPSA) is 80.9 Å². The molecule has 5 rings (SSSR count). The van der Waals surface area contributed by atoms with Gasteiger partial charge in [-0.25, -0.2) is 9.97 Å². The SMILES string of the molecule is Cc1ncc2c(n1)C1(CCN(C(=O)c3coc(CN4CCOCC4)c3)CC1)OCC2. The first kappa shape index (κ1) is 19.7. The molecule has 2 fully saturated rings. The minimum Gasteiger partial charge on any atom is -0.467 e. The Morgan fingerprint density at radius 1 is 1.17 bits per heavy atom. The van der Waals surface area contributed by atoms with Crippen molar-refractivity contribution in [2.75, 3.05) is 46.0 Å². The molecule has 0 unspecified atom stereocenters. The predicted molar refractivity (Wildman–Crippen MR) is 108 cm³/mol. The van der Waals surface area contributed by atoms with Crippen molar-refractivity contribution in [1.29, 1.82) is 0 Å². The average molecular weight is 412 g/mol. The van der Waals surface area contributed by atoms with E-state index in [2.05, 4.69) is 9.88 Å². The van der Waals surface area contributed by atoms with Crippen LogP contribution in [0.25, 0.3) is 0 Å². The summed E-state index contributed by atoms with van der Waals surface area (Å²) in [7, 11) is 0. The standard InChI is InChI=1S/C22H28N4O4/c1-16-23-13-17-2-9-30-22(20(17)24-16)3-5-26(6-4-22)21(27)18-12-19(29-15-18)14-25-7-10-28-11-8-25/h12-13,15H,2-11,14H2,1H3. The van der Waals surface area contributed by atoms with Crippen LogP contribution >= 0.6 is 0 Å². The molecule has 0 radical (unpaired) electrons. The lowest BCUT2D eigenvalue weighted by Crippen LogP contribution is -2.49. The molecule has 2 aromatic rings. The number of amides is 1. The minimum absolute atomic E-state index is 0.0247. The van der Waals surface area contributed by atoms with Gasteiger partial charge in [-0.3, -0.25) is 9.69 Å². The Balaban J connectivity index is 1.24. The third-order valence-corrected chi connectivity index (χ3v) is 6.41. The van der Waals surface area contributed by atoms with Gasteiger partial charge in [0.05, 0.1) is 37.6 Å². The van der Waals surface area contributed by atoms with Crippen LogP contribution in [0.3, 0.4) is 0 Å². The fraction of sp³-hybridized carbons (Fsp3) is 0.591. The van der Waals surface area contributed by atoms with E-state index in [9.17, 15) is 4.79 Å². The Hall–Kier alpha value is -2.29. The molecular formula is C22H28N4O4. The highest BCUT2D eigenvalue weighted by Gasteiger charge is 2.43. The molecule has 8 heteroatoms. The molecule has 3 aliphatic rings. The van der Waals surface area contributed by atoms with E-state index >= 15 is 0 Å². The smallest absolute Gasteiger partial charge is 0.257 e. The molecular weight excluding hydrogens is 384 g/mol. The summed E-state index contributed by atoms with van der Waals surface area (Å²) in [5.74, 6) is 1.62. The Morgan fingerprint density at radius 2 is 1.97 bits per heavy atom. The van der Waals surface area contributed by atoms with Crippen molar-refractivity contribution in [3.63, 3.8) is 0 Å². The van der Waals surface area contributed by atoms with Gasteiger partial charge in [-0.05, 0) is 37.8 Å². The van der Waals surface area contributed by atoms with Gasteiger partial charge in [0.1, 0.15) is 23.4 Å². The molecule has 0 aliphatic carbocycles. The van der Waals surface area contributed by atoms with Gasteiger partial charge < -0.3 is 18.8 Å². The van der Waals surface area contributed by atoms with Gasteiger partial charge in [0, 0.05) is 32.4 Å². The predicted octanol–water partition coefficient (Wildman–Crippen LogP) is 1.91. The van der Waals surface area contributed by atoms with Gasteiger partial charge in [-0.1, -0.05) is 0 Å². The van der Waals surface area contributed by atoms with Crippen LogP contribution < -0.4 is 0 Å². The van der Waals surface area contributed by atoms with Crippen LogP contribution in [0, 0.1) is 6.92 Å². The number of aromatic nitrogens is 2. The fourth-order valence-corrected chi connectivity index (χ4v) is 4.69. The molecule has 0 atom stereocenters. The summed E-state index contributed by atoms with van der Waals surface area (Å²) in [6.45, 7) is 7.87. The molecule has 1 amide bonds. The van der Waals surface area contributed by atoms with E-state index in [1.807, 2.05) is 24.1 Å². The van der Waals surface area contributed by atoms with Crippen LogP contribution in [-0.4, -0.2) is 71.7 Å². The number of hydrogen-bond donors (Lipinski definition) is 0. The van der Waals surface area contributed by atoms with Gasteiger partial charge in [-0.2, -0.15) is 0 Å². The second-order valence-corrected chi connectivity index (χ2v) is 8.37. The zero-order chi connectivity index (χ0) is 20.6. The van der Waals surface area contributed by atoms with E-state index in [0.29, 0.717) is 31.8 Å². The fourth-order valence-electron chi connectivity index (χ4n) is 4.69. The molecule has 3 aliphatic heterocycles. The summed E-state index contributed by atoms with van der Waals surface area (Å²) in [6.07, 6.45) is 5.87.